The van der Waals surface area contributed by atoms with Crippen LogP contribution in [0.3, 0.4) is 0 Å². The van der Waals surface area contributed by atoms with Crippen LogP contribution in [0.2, 0.25) is 4.51 Å². The van der Waals surface area contributed by atoms with Crippen molar-refractivity contribution in [3.8, 4) is 0 Å². The molecule has 0 spiro atoms. The zero-order valence-corrected chi connectivity index (χ0v) is 12.8. The van der Waals surface area contributed by atoms with Crippen molar-refractivity contribution in [3.05, 3.63) is 0 Å². The predicted octanol–water partition coefficient (Wildman–Crippen LogP) is 1.01. The van der Waals surface area contributed by atoms with Crippen molar-refractivity contribution in [1.29, 1.82) is 0 Å². The molecule has 1 aliphatic carbocycles. The maximum Gasteiger partial charge on any atom is -1.00 e. The summed E-state index contributed by atoms with van der Waals surface area (Å²) in [6.07, 6.45) is -11.9. The molecular formula is C8H9BrF6Zn. The first-order valence-corrected chi connectivity index (χ1v) is 6.28. The Labute approximate surface area is 110 Å². The second-order valence-electron chi connectivity index (χ2n) is 4.02. The molecule has 0 aliphatic heterocycles. The molecule has 92 valence electrons. The molecule has 0 amide bonds. The van der Waals surface area contributed by atoms with Crippen molar-refractivity contribution in [1.82, 2.24) is 0 Å². The second kappa shape index (κ2) is 5.13. The van der Waals surface area contributed by atoms with Crippen LogP contribution >= 0.6 is 0 Å². The SMILES string of the molecule is FC(F)(F)C1(C(F)(F)F)CC[CH]([Zn+])CC1.[Br-]. The number of alkyl halides is 6. The summed E-state index contributed by atoms with van der Waals surface area (Å²) in [7, 11) is 0. The molecule has 0 atom stereocenters. The van der Waals surface area contributed by atoms with E-state index in [0.29, 0.717) is 0 Å². The van der Waals surface area contributed by atoms with E-state index in [9.17, 15) is 26.3 Å². The van der Waals surface area contributed by atoms with Gasteiger partial charge in [0.2, 0.25) is 0 Å². The topological polar surface area (TPSA) is 0 Å². The van der Waals surface area contributed by atoms with Crippen molar-refractivity contribution in [2.45, 2.75) is 42.5 Å². The molecule has 1 saturated carbocycles. The summed E-state index contributed by atoms with van der Waals surface area (Å²) in [5, 5.41) is 0. The molecule has 0 bridgehead atoms. The molecule has 0 unspecified atom stereocenters. The van der Waals surface area contributed by atoms with Gasteiger partial charge >= 0.3 is 92.6 Å². The first kappa shape index (κ1) is 16.7. The quantitative estimate of drug-likeness (QED) is 0.445. The van der Waals surface area contributed by atoms with Gasteiger partial charge < -0.3 is 17.0 Å². The van der Waals surface area contributed by atoms with Crippen LogP contribution in [-0.4, -0.2) is 12.4 Å². The predicted molar refractivity (Wildman–Crippen MR) is 36.8 cm³/mol. The van der Waals surface area contributed by atoms with Crippen LogP contribution in [0.15, 0.2) is 0 Å². The third-order valence-corrected chi connectivity index (χ3v) is 4.76. The van der Waals surface area contributed by atoms with Crippen LogP contribution in [0.4, 0.5) is 26.3 Å². The number of hydrogen-bond acceptors (Lipinski definition) is 0. The molecule has 0 nitrogen and oxygen atoms in total. The van der Waals surface area contributed by atoms with E-state index in [4.69, 9.17) is 0 Å². The Morgan fingerprint density at radius 2 is 1.19 bits per heavy atom. The van der Waals surface area contributed by atoms with Crippen molar-refractivity contribution in [3.63, 3.8) is 0 Å². The molecular weight excluding hydrogens is 355 g/mol. The van der Waals surface area contributed by atoms with Crippen molar-refractivity contribution in [2.75, 3.05) is 0 Å². The number of hydrogen-bond donors (Lipinski definition) is 0. The van der Waals surface area contributed by atoms with Crippen LogP contribution in [0.1, 0.15) is 25.7 Å². The molecule has 8 heteroatoms. The van der Waals surface area contributed by atoms with Gasteiger partial charge in [-0.15, -0.1) is 0 Å². The molecule has 1 fully saturated rings. The third kappa shape index (κ3) is 2.92. The summed E-state index contributed by atoms with van der Waals surface area (Å²) >= 11 is 0.770. The van der Waals surface area contributed by atoms with Gasteiger partial charge in [-0.25, -0.2) is 0 Å². The maximum atomic E-state index is 12.5. The molecule has 1 aliphatic rings. The summed E-state index contributed by atoms with van der Waals surface area (Å²) in [6.45, 7) is 0. The van der Waals surface area contributed by atoms with E-state index in [-0.39, 0.29) is 34.3 Å². The monoisotopic (exact) mass is 362 g/mol. The van der Waals surface area contributed by atoms with Crippen molar-refractivity contribution >= 4 is 0 Å². The van der Waals surface area contributed by atoms with Crippen LogP contribution in [0.5, 0.6) is 0 Å². The van der Waals surface area contributed by atoms with E-state index >= 15 is 0 Å². The number of halogens is 7. The van der Waals surface area contributed by atoms with Gasteiger partial charge in [-0.1, -0.05) is 0 Å². The first-order valence-electron chi connectivity index (χ1n) is 4.57. The van der Waals surface area contributed by atoms with Gasteiger partial charge in [-0.2, -0.15) is 0 Å². The Hall–Kier alpha value is 0.683. The average molecular weight is 364 g/mol. The van der Waals surface area contributed by atoms with E-state index < -0.39 is 30.6 Å². The van der Waals surface area contributed by atoms with Crippen LogP contribution in [0.25, 0.3) is 0 Å². The van der Waals surface area contributed by atoms with Gasteiger partial charge in [0.05, 0.1) is 0 Å². The fraction of sp³-hybridized carbons (Fsp3) is 1.00. The fourth-order valence-electron chi connectivity index (χ4n) is 1.90. The maximum absolute atomic E-state index is 12.5. The van der Waals surface area contributed by atoms with Gasteiger partial charge in [0, 0.05) is 0 Å². The van der Waals surface area contributed by atoms with E-state index in [2.05, 4.69) is 0 Å². The van der Waals surface area contributed by atoms with Gasteiger partial charge in [0.25, 0.3) is 0 Å². The Kier molecular flexibility index (Phi) is 5.35. The minimum absolute atomic E-state index is 0. The van der Waals surface area contributed by atoms with Crippen LogP contribution < -0.4 is 17.0 Å². The second-order valence-corrected chi connectivity index (χ2v) is 6.44. The zero-order valence-electron chi connectivity index (χ0n) is 8.26. The van der Waals surface area contributed by atoms with Gasteiger partial charge in [0.15, 0.2) is 0 Å². The third-order valence-electron chi connectivity index (χ3n) is 3.04. The first-order chi connectivity index (χ1) is 6.60. The summed E-state index contributed by atoms with van der Waals surface area (Å²) in [5.74, 6) is 0. The van der Waals surface area contributed by atoms with Crippen LogP contribution in [0, 0.1) is 5.41 Å². The molecule has 0 radical (unpaired) electrons. The molecule has 0 heterocycles. The minimum Gasteiger partial charge on any atom is -1.00 e. The van der Waals surface area contributed by atoms with E-state index in [1.54, 1.807) is 0 Å². The summed E-state index contributed by atoms with van der Waals surface area (Å²) in [6, 6.07) is 0. The largest absolute Gasteiger partial charge is 1.00 e. The molecule has 0 aromatic heterocycles. The Morgan fingerprint density at radius 3 is 1.44 bits per heavy atom. The van der Waals surface area contributed by atoms with Crippen LogP contribution in [-0.2, 0) is 18.3 Å². The standard InChI is InChI=1S/C8H9F6.BrH.Zn/c9-7(10,11)6(8(12,13)14)4-2-1-3-5-6;;/h1H,2-5H2;1H;/q;;+1/p-1. The summed E-state index contributed by atoms with van der Waals surface area (Å²) in [5.41, 5.74) is -3.45. The van der Waals surface area contributed by atoms with Gasteiger partial charge in [-0.3, -0.25) is 0 Å². The average Bonchev–Trinajstić information content (AvgIpc) is 2.00. The van der Waals surface area contributed by atoms with Gasteiger partial charge in [0.1, 0.15) is 0 Å². The Balaban J connectivity index is 0.00000225. The summed E-state index contributed by atoms with van der Waals surface area (Å²) in [4.78, 5) is 0. The van der Waals surface area contributed by atoms with E-state index in [1.165, 1.54) is 0 Å². The molecule has 0 N–H and O–H groups in total. The van der Waals surface area contributed by atoms with E-state index in [0.717, 1.165) is 18.3 Å². The molecule has 16 heavy (non-hydrogen) atoms. The zero-order chi connectivity index (χ0) is 11.9. The number of rotatable bonds is 0. The minimum atomic E-state index is -5.18. The van der Waals surface area contributed by atoms with Crippen molar-refractivity contribution in [2.24, 2.45) is 5.41 Å². The molecule has 0 aromatic carbocycles. The molecule has 0 saturated heterocycles. The Morgan fingerprint density at radius 1 is 0.875 bits per heavy atom. The fourth-order valence-corrected chi connectivity index (χ4v) is 2.75. The smallest absolute Gasteiger partial charge is 1.00 e. The van der Waals surface area contributed by atoms with E-state index in [1.807, 2.05) is 0 Å². The Bertz CT molecular complexity index is 212. The molecule has 1 rings (SSSR count). The molecule has 0 aromatic rings. The van der Waals surface area contributed by atoms with Crippen molar-refractivity contribution < 1.29 is 61.6 Å². The summed E-state index contributed by atoms with van der Waals surface area (Å²) < 4.78 is 75.1. The normalized spacial score (nSPS) is 22.8. The van der Waals surface area contributed by atoms with Gasteiger partial charge in [-0.05, 0) is 0 Å².